The number of nitroso groups, excluding NO2 is 1. The lowest BCUT2D eigenvalue weighted by Crippen LogP contribution is -2.28. The van der Waals surface area contributed by atoms with Gasteiger partial charge in [-0.2, -0.15) is 4.91 Å². The molecule has 0 aliphatic carbocycles. The first-order chi connectivity index (χ1) is 30.0. The Morgan fingerprint density at radius 3 is 0.951 bits per heavy atom. The normalized spacial score (nSPS) is 12.5. The van der Waals surface area contributed by atoms with Gasteiger partial charge in [0.15, 0.2) is 0 Å². The molecule has 0 aromatic heterocycles. The molecule has 0 saturated carbocycles. The lowest BCUT2D eigenvalue weighted by Gasteiger charge is -2.21. The Labute approximate surface area is 380 Å². The minimum absolute atomic E-state index is 0.0405. The molecule has 7 nitrogen and oxygen atoms in total. The Balaban J connectivity index is 4.43. The Kier molecular flexibility index (Phi) is 48.3. The summed E-state index contributed by atoms with van der Waals surface area (Å²) in [6, 6.07) is 0. The van der Waals surface area contributed by atoms with Crippen molar-refractivity contribution in [3.05, 3.63) is 4.91 Å². The third-order valence-corrected chi connectivity index (χ3v) is 13.0. The standard InChI is InChI=1S/C54H106N2O5/c1-5-9-13-17-21-23-27-33-41-51(39-31-25-19-15-11-7-3)49-60-53(57)43-35-29-37-46-56(48-45-55-59)47-38-30-36-44-54(58)61-50-52(40-32-26-20-16-12-8-4)42-34-28-24-22-18-14-10-6-2/h51-52H,5-50H2,1-4H3. The fourth-order valence-corrected chi connectivity index (χ4v) is 8.83. The van der Waals surface area contributed by atoms with Gasteiger partial charge in [-0.25, -0.2) is 0 Å². The molecule has 0 fully saturated rings. The fraction of sp³-hybridized carbons (Fsp3) is 0.963. The molecule has 0 aromatic carbocycles. The zero-order chi connectivity index (χ0) is 44.5. The molecule has 362 valence electrons. The van der Waals surface area contributed by atoms with Crippen molar-refractivity contribution in [3.63, 3.8) is 0 Å². The van der Waals surface area contributed by atoms with Crippen molar-refractivity contribution in [1.29, 1.82) is 0 Å². The van der Waals surface area contributed by atoms with Crippen LogP contribution < -0.4 is 0 Å². The summed E-state index contributed by atoms with van der Waals surface area (Å²) in [7, 11) is 0. The van der Waals surface area contributed by atoms with E-state index < -0.39 is 0 Å². The number of unbranched alkanes of at least 4 members (excludes halogenated alkanes) is 28. The minimum Gasteiger partial charge on any atom is -0.465 e. The molecule has 7 heteroatoms. The third-order valence-electron chi connectivity index (χ3n) is 13.0. The van der Waals surface area contributed by atoms with Gasteiger partial charge < -0.3 is 14.4 Å². The van der Waals surface area contributed by atoms with Crippen LogP contribution in [0.4, 0.5) is 0 Å². The molecule has 0 amide bonds. The van der Waals surface area contributed by atoms with E-state index in [1.807, 2.05) is 0 Å². The van der Waals surface area contributed by atoms with E-state index in [2.05, 4.69) is 37.8 Å². The predicted molar refractivity (Wildman–Crippen MR) is 263 cm³/mol. The van der Waals surface area contributed by atoms with Crippen LogP contribution in [0.5, 0.6) is 0 Å². The first-order valence-electron chi connectivity index (χ1n) is 27.3. The molecular weight excluding hydrogens is 757 g/mol. The van der Waals surface area contributed by atoms with Gasteiger partial charge in [0, 0.05) is 19.4 Å². The maximum atomic E-state index is 12.7. The summed E-state index contributed by atoms with van der Waals surface area (Å²) >= 11 is 0. The Bertz CT molecular complexity index is 850. The van der Waals surface area contributed by atoms with Gasteiger partial charge in [0.25, 0.3) is 0 Å². The Morgan fingerprint density at radius 2 is 0.656 bits per heavy atom. The molecule has 0 saturated heterocycles. The number of esters is 2. The third kappa shape index (κ3) is 44.9. The van der Waals surface area contributed by atoms with E-state index in [1.165, 1.54) is 205 Å². The summed E-state index contributed by atoms with van der Waals surface area (Å²) in [6.45, 7) is 13.1. The van der Waals surface area contributed by atoms with Gasteiger partial charge in [-0.3, -0.25) is 9.59 Å². The van der Waals surface area contributed by atoms with Crippen molar-refractivity contribution in [2.24, 2.45) is 17.0 Å². The van der Waals surface area contributed by atoms with E-state index in [-0.39, 0.29) is 11.9 Å². The molecule has 0 aliphatic rings. The summed E-state index contributed by atoms with van der Waals surface area (Å²) < 4.78 is 11.7. The number of hydrogen-bond acceptors (Lipinski definition) is 7. The first kappa shape index (κ1) is 59.5. The number of ether oxygens (including phenoxy) is 2. The minimum atomic E-state index is -0.0405. The Hall–Kier alpha value is -1.50. The number of rotatable bonds is 51. The number of nitrogens with zero attached hydrogens (tertiary/aromatic N) is 2. The van der Waals surface area contributed by atoms with Crippen LogP contribution in [0.25, 0.3) is 0 Å². The predicted octanol–water partition coefficient (Wildman–Crippen LogP) is 17.1. The van der Waals surface area contributed by atoms with E-state index in [9.17, 15) is 14.5 Å². The SMILES string of the molecule is CCCCCCCCCCC(CCCCCCCC)COC(=O)CCCCCN(CCCCCC(=O)OCC(CCCCCCCC)CCCCCCCCCC)CCN=O. The van der Waals surface area contributed by atoms with Crippen molar-refractivity contribution < 1.29 is 19.1 Å². The van der Waals surface area contributed by atoms with E-state index in [4.69, 9.17) is 9.47 Å². The molecule has 2 atom stereocenters. The summed E-state index contributed by atoms with van der Waals surface area (Å²) in [5.74, 6) is 0.923. The van der Waals surface area contributed by atoms with Crippen molar-refractivity contribution in [3.8, 4) is 0 Å². The number of carbonyl (C=O) groups excluding carboxylic acids is 2. The van der Waals surface area contributed by atoms with Crippen LogP contribution in [0, 0.1) is 16.7 Å². The molecule has 0 aliphatic heterocycles. The second-order valence-corrected chi connectivity index (χ2v) is 19.1. The summed E-state index contributed by atoms with van der Waals surface area (Å²) in [6.07, 6.45) is 48.5. The highest BCUT2D eigenvalue weighted by Gasteiger charge is 2.15. The average Bonchev–Trinajstić information content (AvgIpc) is 3.26. The molecule has 0 aromatic rings. The molecule has 2 unspecified atom stereocenters. The highest BCUT2D eigenvalue weighted by atomic mass is 16.5. The second kappa shape index (κ2) is 49.5. The molecule has 0 spiro atoms. The van der Waals surface area contributed by atoms with Crippen LogP contribution in [-0.4, -0.2) is 56.2 Å². The summed E-state index contributed by atoms with van der Waals surface area (Å²) in [5, 5.41) is 3.12. The average molecular weight is 863 g/mol. The number of hydrogen-bond donors (Lipinski definition) is 0. The van der Waals surface area contributed by atoms with Gasteiger partial charge in [0.05, 0.1) is 19.8 Å². The van der Waals surface area contributed by atoms with Crippen LogP contribution in [0.15, 0.2) is 5.18 Å². The van der Waals surface area contributed by atoms with Crippen LogP contribution in [-0.2, 0) is 19.1 Å². The van der Waals surface area contributed by atoms with Gasteiger partial charge in [0.2, 0.25) is 0 Å². The number of carbonyl (C=O) groups is 2. The van der Waals surface area contributed by atoms with Crippen LogP contribution >= 0.6 is 0 Å². The largest absolute Gasteiger partial charge is 0.465 e. The van der Waals surface area contributed by atoms with Gasteiger partial charge in [-0.05, 0) is 76.3 Å². The smallest absolute Gasteiger partial charge is 0.305 e. The van der Waals surface area contributed by atoms with Gasteiger partial charge >= 0.3 is 11.9 Å². The highest BCUT2D eigenvalue weighted by Crippen LogP contribution is 2.22. The lowest BCUT2D eigenvalue weighted by molar-refractivity contribution is -0.146. The van der Waals surface area contributed by atoms with Crippen molar-refractivity contribution in [2.75, 3.05) is 39.4 Å². The van der Waals surface area contributed by atoms with E-state index >= 15 is 0 Å². The molecule has 0 N–H and O–H groups in total. The van der Waals surface area contributed by atoms with E-state index in [0.29, 0.717) is 51.0 Å². The summed E-state index contributed by atoms with van der Waals surface area (Å²) in [4.78, 5) is 38.7. The maximum absolute atomic E-state index is 12.7. The fourth-order valence-electron chi connectivity index (χ4n) is 8.83. The van der Waals surface area contributed by atoms with E-state index in [1.54, 1.807) is 0 Å². The molecule has 61 heavy (non-hydrogen) atoms. The summed E-state index contributed by atoms with van der Waals surface area (Å²) in [5.41, 5.74) is 0. The van der Waals surface area contributed by atoms with Gasteiger partial charge in [0.1, 0.15) is 0 Å². The Morgan fingerprint density at radius 1 is 0.377 bits per heavy atom. The highest BCUT2D eigenvalue weighted by molar-refractivity contribution is 5.69. The molecule has 0 rings (SSSR count). The van der Waals surface area contributed by atoms with Crippen LogP contribution in [0.1, 0.15) is 285 Å². The molecule has 0 heterocycles. The van der Waals surface area contributed by atoms with Crippen LogP contribution in [0.3, 0.4) is 0 Å². The van der Waals surface area contributed by atoms with Crippen LogP contribution in [0.2, 0.25) is 0 Å². The quantitative estimate of drug-likeness (QED) is 0.0344. The van der Waals surface area contributed by atoms with Gasteiger partial charge in [-0.1, -0.05) is 225 Å². The zero-order valence-electron chi connectivity index (χ0n) is 41.6. The van der Waals surface area contributed by atoms with Crippen molar-refractivity contribution in [2.45, 2.75) is 285 Å². The maximum Gasteiger partial charge on any atom is 0.305 e. The molecule has 0 radical (unpaired) electrons. The molecule has 0 bridgehead atoms. The van der Waals surface area contributed by atoms with Gasteiger partial charge in [-0.15, -0.1) is 0 Å². The monoisotopic (exact) mass is 863 g/mol. The molecular formula is C54H106N2O5. The lowest BCUT2D eigenvalue weighted by atomic mass is 9.94. The zero-order valence-corrected chi connectivity index (χ0v) is 41.6. The first-order valence-corrected chi connectivity index (χ1v) is 27.3. The van der Waals surface area contributed by atoms with E-state index in [0.717, 1.165) is 51.6 Å². The van der Waals surface area contributed by atoms with Crippen molar-refractivity contribution >= 4 is 11.9 Å². The topological polar surface area (TPSA) is 85.3 Å². The second-order valence-electron chi connectivity index (χ2n) is 19.1. The van der Waals surface area contributed by atoms with Crippen molar-refractivity contribution in [1.82, 2.24) is 4.90 Å².